The normalized spacial score (nSPS) is 10.2. The minimum absolute atomic E-state index is 0.582. The molecule has 0 aliphatic rings. The maximum absolute atomic E-state index is 5.54. The Hall–Kier alpha value is -2.14. The Balaban J connectivity index is 2.35. The van der Waals surface area contributed by atoms with Gasteiger partial charge in [-0.1, -0.05) is 28.6 Å². The number of benzene rings is 2. The van der Waals surface area contributed by atoms with Crippen molar-refractivity contribution in [3.8, 4) is 23.0 Å². The summed E-state index contributed by atoms with van der Waals surface area (Å²) in [6.07, 6.45) is 0.620. The molecule has 0 bridgehead atoms. The molecule has 5 heteroatoms. The summed E-state index contributed by atoms with van der Waals surface area (Å²) in [5, 5.41) is 0. The lowest BCUT2D eigenvalue weighted by atomic mass is 9.98. The summed E-state index contributed by atoms with van der Waals surface area (Å²) in [6, 6.07) is 9.65. The number of allylic oxidation sites excluding steroid dienone is 1. The lowest BCUT2D eigenvalue weighted by Gasteiger charge is -2.17. The van der Waals surface area contributed by atoms with Crippen LogP contribution in [0.2, 0.25) is 0 Å². The van der Waals surface area contributed by atoms with Gasteiger partial charge in [-0.15, -0.1) is 0 Å². The fourth-order valence-electron chi connectivity index (χ4n) is 2.54. The van der Waals surface area contributed by atoms with Gasteiger partial charge in [0.25, 0.3) is 0 Å². The Labute approximate surface area is 151 Å². The maximum Gasteiger partial charge on any atom is 0.203 e. The van der Waals surface area contributed by atoms with Gasteiger partial charge in [0.1, 0.15) is 5.75 Å². The first-order valence-corrected chi connectivity index (χ1v) is 8.14. The maximum atomic E-state index is 5.54. The predicted molar refractivity (Wildman–Crippen MR) is 99.5 cm³/mol. The van der Waals surface area contributed by atoms with Gasteiger partial charge in [-0.3, -0.25) is 0 Å². The largest absolute Gasteiger partial charge is 0.497 e. The van der Waals surface area contributed by atoms with Crippen LogP contribution in [0.4, 0.5) is 0 Å². The molecule has 2 aromatic rings. The smallest absolute Gasteiger partial charge is 0.203 e. The lowest BCUT2D eigenvalue weighted by Crippen LogP contribution is -2.00. The number of hydrogen-bond donors (Lipinski definition) is 0. The molecule has 0 aliphatic heterocycles. The summed E-state index contributed by atoms with van der Waals surface area (Å²) in [6.45, 7) is 4.21. The third-order valence-electron chi connectivity index (χ3n) is 3.75. The van der Waals surface area contributed by atoms with Crippen molar-refractivity contribution in [1.82, 2.24) is 0 Å². The van der Waals surface area contributed by atoms with E-state index in [1.165, 1.54) is 0 Å². The number of ether oxygens (including phenoxy) is 4. The zero-order chi connectivity index (χ0) is 17.7. The fraction of sp³-hybridized carbons (Fsp3) is 0.263. The van der Waals surface area contributed by atoms with E-state index < -0.39 is 0 Å². The molecule has 2 aromatic carbocycles. The number of rotatable bonds is 7. The van der Waals surface area contributed by atoms with Crippen molar-refractivity contribution < 1.29 is 18.9 Å². The summed E-state index contributed by atoms with van der Waals surface area (Å²) >= 11 is 3.57. The lowest BCUT2D eigenvalue weighted by molar-refractivity contribution is 0.322. The molecule has 0 spiro atoms. The van der Waals surface area contributed by atoms with Crippen LogP contribution in [0.3, 0.4) is 0 Å². The van der Waals surface area contributed by atoms with E-state index >= 15 is 0 Å². The van der Waals surface area contributed by atoms with Gasteiger partial charge in [-0.05, 0) is 35.4 Å². The van der Waals surface area contributed by atoms with Crippen molar-refractivity contribution in [3.05, 3.63) is 52.5 Å². The van der Waals surface area contributed by atoms with E-state index in [0.29, 0.717) is 23.7 Å². The highest BCUT2D eigenvalue weighted by Gasteiger charge is 2.17. The van der Waals surface area contributed by atoms with Gasteiger partial charge in [0.05, 0.1) is 28.4 Å². The van der Waals surface area contributed by atoms with Gasteiger partial charge >= 0.3 is 0 Å². The van der Waals surface area contributed by atoms with Gasteiger partial charge in [0.2, 0.25) is 5.75 Å². The van der Waals surface area contributed by atoms with E-state index in [9.17, 15) is 0 Å². The Morgan fingerprint density at radius 1 is 0.917 bits per heavy atom. The van der Waals surface area contributed by atoms with E-state index in [4.69, 9.17) is 18.9 Å². The van der Waals surface area contributed by atoms with Crippen LogP contribution in [0.1, 0.15) is 11.1 Å². The first-order chi connectivity index (χ1) is 11.5. The Bertz CT molecular complexity index is 740. The van der Waals surface area contributed by atoms with Gasteiger partial charge < -0.3 is 18.9 Å². The summed E-state index contributed by atoms with van der Waals surface area (Å²) < 4.78 is 22.5. The average molecular weight is 393 g/mol. The molecule has 0 heterocycles. The van der Waals surface area contributed by atoms with Crippen LogP contribution >= 0.6 is 15.9 Å². The molecule has 0 radical (unpaired) electrons. The minimum Gasteiger partial charge on any atom is -0.497 e. The molecule has 0 aliphatic carbocycles. The second-order valence-electron chi connectivity index (χ2n) is 5.12. The zero-order valence-electron chi connectivity index (χ0n) is 14.3. The molecule has 0 saturated heterocycles. The molecule has 24 heavy (non-hydrogen) atoms. The van der Waals surface area contributed by atoms with Crippen molar-refractivity contribution in [2.45, 2.75) is 6.42 Å². The first-order valence-electron chi connectivity index (χ1n) is 7.35. The topological polar surface area (TPSA) is 36.9 Å². The highest BCUT2D eigenvalue weighted by Crippen LogP contribution is 2.41. The van der Waals surface area contributed by atoms with Crippen molar-refractivity contribution >= 4 is 21.5 Å². The first kappa shape index (κ1) is 18.2. The van der Waals surface area contributed by atoms with Crippen LogP contribution in [-0.4, -0.2) is 28.4 Å². The molecule has 0 N–H and O–H groups in total. The fourth-order valence-corrected chi connectivity index (χ4v) is 3.18. The molecule has 4 nitrogen and oxygen atoms in total. The average Bonchev–Trinajstić information content (AvgIpc) is 2.60. The molecular formula is C19H21BrO4. The minimum atomic E-state index is 0.582. The van der Waals surface area contributed by atoms with Crippen molar-refractivity contribution in [3.63, 3.8) is 0 Å². The van der Waals surface area contributed by atoms with Gasteiger partial charge in [-0.2, -0.15) is 0 Å². The highest BCUT2D eigenvalue weighted by molar-refractivity contribution is 9.10. The third kappa shape index (κ3) is 3.67. The standard InChI is InChI=1S/C19H21BrO4/c1-12(15-8-7-14(21-2)11-16(15)20)10-13-6-9-17(22-3)19(24-5)18(13)23-4/h6-9,11H,1,10H2,2-5H3. The number of halogens is 1. The Morgan fingerprint density at radius 3 is 2.17 bits per heavy atom. The molecule has 0 amide bonds. The van der Waals surface area contributed by atoms with Gasteiger partial charge in [0, 0.05) is 16.5 Å². The molecule has 2 rings (SSSR count). The third-order valence-corrected chi connectivity index (χ3v) is 4.40. The molecule has 0 atom stereocenters. The van der Waals surface area contributed by atoms with E-state index in [1.807, 2.05) is 30.3 Å². The highest BCUT2D eigenvalue weighted by atomic mass is 79.9. The van der Waals surface area contributed by atoms with Crippen LogP contribution < -0.4 is 18.9 Å². The predicted octanol–water partition coefficient (Wildman–Crippen LogP) is 4.74. The summed E-state index contributed by atoms with van der Waals surface area (Å²) in [4.78, 5) is 0. The van der Waals surface area contributed by atoms with Crippen LogP contribution in [0.15, 0.2) is 41.4 Å². The van der Waals surface area contributed by atoms with Crippen LogP contribution in [0.25, 0.3) is 5.57 Å². The SMILES string of the molecule is C=C(Cc1ccc(OC)c(OC)c1OC)c1ccc(OC)cc1Br. The van der Waals surface area contributed by atoms with Crippen molar-refractivity contribution in [2.24, 2.45) is 0 Å². The summed E-state index contributed by atoms with van der Waals surface area (Å²) in [7, 11) is 6.46. The van der Waals surface area contributed by atoms with Gasteiger partial charge in [-0.25, -0.2) is 0 Å². The Morgan fingerprint density at radius 2 is 1.62 bits per heavy atom. The van der Waals surface area contributed by atoms with Crippen molar-refractivity contribution in [1.29, 1.82) is 0 Å². The summed E-state index contributed by atoms with van der Waals surface area (Å²) in [5.41, 5.74) is 2.95. The second kappa shape index (κ2) is 8.11. The Kier molecular flexibility index (Phi) is 6.15. The van der Waals surface area contributed by atoms with Crippen LogP contribution in [0.5, 0.6) is 23.0 Å². The van der Waals surface area contributed by atoms with E-state index in [-0.39, 0.29) is 0 Å². The van der Waals surface area contributed by atoms with Crippen molar-refractivity contribution in [2.75, 3.05) is 28.4 Å². The zero-order valence-corrected chi connectivity index (χ0v) is 15.9. The van der Waals surface area contributed by atoms with Crippen LogP contribution in [0, 0.1) is 0 Å². The quantitative estimate of drug-likeness (QED) is 0.681. The van der Waals surface area contributed by atoms with E-state index in [0.717, 1.165) is 26.9 Å². The molecule has 128 valence electrons. The molecule has 0 aromatic heterocycles. The number of hydrogen-bond acceptors (Lipinski definition) is 4. The molecule has 0 saturated carbocycles. The second-order valence-corrected chi connectivity index (χ2v) is 5.97. The van der Waals surface area contributed by atoms with E-state index in [2.05, 4.69) is 22.5 Å². The van der Waals surface area contributed by atoms with Crippen LogP contribution in [-0.2, 0) is 6.42 Å². The molecule has 0 fully saturated rings. The monoisotopic (exact) mass is 392 g/mol. The molecule has 0 unspecified atom stereocenters. The van der Waals surface area contributed by atoms with Gasteiger partial charge in [0.15, 0.2) is 11.5 Å². The molecular weight excluding hydrogens is 372 g/mol. The summed E-state index contributed by atoms with van der Waals surface area (Å²) in [5.74, 6) is 2.66. The number of methoxy groups -OCH3 is 4. The van der Waals surface area contributed by atoms with E-state index in [1.54, 1.807) is 28.4 Å².